The van der Waals surface area contributed by atoms with Crippen LogP contribution >= 0.6 is 0 Å². The van der Waals surface area contributed by atoms with Crippen LogP contribution in [0.2, 0.25) is 16.6 Å². The molecule has 0 fully saturated rings. The zero-order valence-corrected chi connectivity index (χ0v) is 23.8. The molecule has 2 rings (SSSR count). The van der Waals surface area contributed by atoms with Crippen molar-refractivity contribution in [2.75, 3.05) is 13.2 Å². The Balaban J connectivity index is 2.34. The van der Waals surface area contributed by atoms with Crippen LogP contribution in [0.4, 0.5) is 0 Å². The van der Waals surface area contributed by atoms with Gasteiger partial charge in [-0.05, 0) is 28.1 Å². The fourth-order valence-corrected chi connectivity index (χ4v) is 11.4. The Hall–Kier alpha value is -1.96. The molecule has 35 heavy (non-hydrogen) atoms. The lowest BCUT2D eigenvalue weighted by Crippen LogP contribution is -2.57. The second-order valence-corrected chi connectivity index (χ2v) is 16.3. The highest BCUT2D eigenvalue weighted by molar-refractivity contribution is 6.77. The summed E-state index contributed by atoms with van der Waals surface area (Å²) in [5.41, 5.74) is 2.13. The van der Waals surface area contributed by atoms with Crippen molar-refractivity contribution < 1.29 is 23.9 Å². The SMILES string of the molecule is CC(C)[C@@H](O[Si](C(C)C)(C(C)C)C(C)C)C1CC(=O)C(C(=O)OCc2ccccc2)=CN1CCO. The molecule has 2 atom stereocenters. The van der Waals surface area contributed by atoms with E-state index in [1.807, 2.05) is 35.2 Å². The minimum Gasteiger partial charge on any atom is -0.457 e. The molecule has 0 radical (unpaired) electrons. The van der Waals surface area contributed by atoms with Gasteiger partial charge >= 0.3 is 5.97 Å². The first-order chi connectivity index (χ1) is 16.4. The standard InChI is InChI=1S/C28H45NO5Si/c1-19(2)27(34-35(20(3)4,21(5)6)22(7)8)25-16-26(31)24(17-29(25)14-15-30)28(32)33-18-23-12-10-9-11-13-23/h9-13,17,19-22,25,27,30H,14-16,18H2,1-8H3/t25?,27-/m1/s1. The third kappa shape index (κ3) is 6.83. The largest absolute Gasteiger partial charge is 0.457 e. The second-order valence-electron chi connectivity index (χ2n) is 10.9. The highest BCUT2D eigenvalue weighted by Gasteiger charge is 2.49. The van der Waals surface area contributed by atoms with Crippen LogP contribution in [0.1, 0.15) is 67.4 Å². The third-order valence-electron chi connectivity index (χ3n) is 7.29. The monoisotopic (exact) mass is 503 g/mol. The van der Waals surface area contributed by atoms with Gasteiger partial charge in [0, 0.05) is 19.2 Å². The van der Waals surface area contributed by atoms with Crippen molar-refractivity contribution in [1.29, 1.82) is 0 Å². The molecule has 0 aliphatic carbocycles. The Morgan fingerprint density at radius 1 is 1.03 bits per heavy atom. The molecule has 0 aromatic heterocycles. The number of hydrogen-bond donors (Lipinski definition) is 1. The van der Waals surface area contributed by atoms with E-state index in [4.69, 9.17) is 9.16 Å². The van der Waals surface area contributed by atoms with Gasteiger partial charge in [0.1, 0.15) is 12.2 Å². The number of esters is 1. The highest BCUT2D eigenvalue weighted by Crippen LogP contribution is 2.44. The van der Waals surface area contributed by atoms with Gasteiger partial charge in [-0.15, -0.1) is 0 Å². The summed E-state index contributed by atoms with van der Waals surface area (Å²) in [7, 11) is -2.21. The van der Waals surface area contributed by atoms with Crippen molar-refractivity contribution in [3.63, 3.8) is 0 Å². The van der Waals surface area contributed by atoms with E-state index in [1.165, 1.54) is 0 Å². The Kier molecular flexibility index (Phi) is 10.7. The summed E-state index contributed by atoms with van der Waals surface area (Å²) in [4.78, 5) is 27.9. The molecular weight excluding hydrogens is 458 g/mol. The molecule has 0 spiro atoms. The number of ketones is 1. The van der Waals surface area contributed by atoms with E-state index in [9.17, 15) is 14.7 Å². The van der Waals surface area contributed by atoms with E-state index in [0.717, 1.165) is 5.56 Å². The maximum atomic E-state index is 13.2. The molecule has 1 aliphatic rings. The first kappa shape index (κ1) is 29.3. The maximum absolute atomic E-state index is 13.2. The quantitative estimate of drug-likeness (QED) is 0.232. The number of carbonyl (C=O) groups is 2. The number of nitrogens with zero attached hydrogens (tertiary/aromatic N) is 1. The summed E-state index contributed by atoms with van der Waals surface area (Å²) in [5, 5.41) is 9.79. The molecule has 0 bridgehead atoms. The van der Waals surface area contributed by atoms with Gasteiger partial charge in [0.15, 0.2) is 5.78 Å². The summed E-state index contributed by atoms with van der Waals surface area (Å²) in [5.74, 6) is -0.697. The highest BCUT2D eigenvalue weighted by atomic mass is 28.4. The third-order valence-corrected chi connectivity index (χ3v) is 13.4. The molecule has 0 saturated heterocycles. The van der Waals surface area contributed by atoms with Gasteiger partial charge < -0.3 is 19.2 Å². The van der Waals surface area contributed by atoms with Gasteiger partial charge in [-0.25, -0.2) is 4.79 Å². The minimum atomic E-state index is -2.21. The molecule has 1 aromatic rings. The normalized spacial score (nSPS) is 18.0. The predicted molar refractivity (Wildman–Crippen MR) is 142 cm³/mol. The minimum absolute atomic E-state index is 0.0354. The number of ether oxygens (including phenoxy) is 1. The summed E-state index contributed by atoms with van der Waals surface area (Å²) in [6, 6.07) is 9.15. The smallest absolute Gasteiger partial charge is 0.343 e. The van der Waals surface area contributed by atoms with Gasteiger partial charge in [-0.3, -0.25) is 4.79 Å². The van der Waals surface area contributed by atoms with Crippen molar-refractivity contribution in [3.8, 4) is 0 Å². The second kappa shape index (κ2) is 12.8. The number of rotatable bonds is 12. The molecule has 7 heteroatoms. The Bertz CT molecular complexity index is 844. The first-order valence-electron chi connectivity index (χ1n) is 13.0. The molecule has 1 unspecified atom stereocenters. The lowest BCUT2D eigenvalue weighted by Gasteiger charge is -2.49. The topological polar surface area (TPSA) is 76.1 Å². The van der Waals surface area contributed by atoms with Crippen LogP contribution in [-0.4, -0.2) is 55.4 Å². The van der Waals surface area contributed by atoms with Crippen LogP contribution in [0.5, 0.6) is 0 Å². The molecular formula is C28H45NO5Si. The Morgan fingerprint density at radius 3 is 2.09 bits per heavy atom. The predicted octanol–water partition coefficient (Wildman–Crippen LogP) is 5.47. The van der Waals surface area contributed by atoms with E-state index in [-0.39, 0.29) is 49.1 Å². The van der Waals surface area contributed by atoms with E-state index in [0.29, 0.717) is 23.2 Å². The summed E-state index contributed by atoms with van der Waals surface area (Å²) in [6.45, 7) is 18.1. The van der Waals surface area contributed by atoms with Gasteiger partial charge in [0.05, 0.1) is 18.8 Å². The van der Waals surface area contributed by atoms with Gasteiger partial charge in [0.25, 0.3) is 0 Å². The van der Waals surface area contributed by atoms with Crippen LogP contribution in [-0.2, 0) is 25.4 Å². The van der Waals surface area contributed by atoms with Crippen LogP contribution < -0.4 is 0 Å². The van der Waals surface area contributed by atoms with E-state index in [1.54, 1.807) is 6.20 Å². The van der Waals surface area contributed by atoms with Gasteiger partial charge in [0.2, 0.25) is 8.32 Å². The molecule has 1 N–H and O–H groups in total. The summed E-state index contributed by atoms with van der Waals surface area (Å²) >= 11 is 0. The number of β-amino-alcohol motifs (C(OH)–C–C–N with tert-alkyl or cyclic N) is 1. The molecule has 0 amide bonds. The van der Waals surface area contributed by atoms with Crippen molar-refractivity contribution in [2.24, 2.45) is 5.92 Å². The zero-order chi connectivity index (χ0) is 26.3. The molecule has 6 nitrogen and oxygen atoms in total. The number of benzene rings is 1. The molecule has 196 valence electrons. The lowest BCUT2D eigenvalue weighted by molar-refractivity contribution is -0.142. The number of aliphatic hydroxyl groups excluding tert-OH is 1. The van der Waals surface area contributed by atoms with Crippen molar-refractivity contribution in [2.45, 2.75) is 97.2 Å². The van der Waals surface area contributed by atoms with Crippen LogP contribution in [0, 0.1) is 5.92 Å². The summed E-state index contributed by atoms with van der Waals surface area (Å²) in [6.07, 6.45) is 1.55. The van der Waals surface area contributed by atoms with Crippen LogP contribution in [0.15, 0.2) is 42.1 Å². The Morgan fingerprint density at radius 2 is 1.60 bits per heavy atom. The lowest BCUT2D eigenvalue weighted by atomic mass is 9.90. The van der Waals surface area contributed by atoms with Crippen molar-refractivity contribution in [3.05, 3.63) is 47.7 Å². The fraction of sp³-hybridized carbons (Fsp3) is 0.643. The number of carbonyl (C=O) groups excluding carboxylic acids is 2. The van der Waals surface area contributed by atoms with Crippen LogP contribution in [0.25, 0.3) is 0 Å². The van der Waals surface area contributed by atoms with Crippen LogP contribution in [0.3, 0.4) is 0 Å². The average molecular weight is 504 g/mol. The number of hydrogen-bond acceptors (Lipinski definition) is 6. The Labute approximate surface area is 212 Å². The molecule has 1 aromatic carbocycles. The number of aliphatic hydroxyl groups is 1. The molecule has 1 aliphatic heterocycles. The van der Waals surface area contributed by atoms with E-state index in [2.05, 4.69) is 55.4 Å². The maximum Gasteiger partial charge on any atom is 0.343 e. The molecule has 0 saturated carbocycles. The first-order valence-corrected chi connectivity index (χ1v) is 15.1. The summed E-state index contributed by atoms with van der Waals surface area (Å²) < 4.78 is 12.6. The zero-order valence-electron chi connectivity index (χ0n) is 22.8. The van der Waals surface area contributed by atoms with Gasteiger partial charge in [-0.2, -0.15) is 0 Å². The molecule has 1 heterocycles. The van der Waals surface area contributed by atoms with E-state index < -0.39 is 14.3 Å². The number of Topliss-reactive ketones (excluding diaryl/α,β-unsaturated/α-hetero) is 1. The van der Waals surface area contributed by atoms with Crippen molar-refractivity contribution >= 4 is 20.1 Å². The average Bonchev–Trinajstić information content (AvgIpc) is 2.79. The fourth-order valence-electron chi connectivity index (χ4n) is 5.67. The van der Waals surface area contributed by atoms with Gasteiger partial charge in [-0.1, -0.05) is 85.7 Å². The van der Waals surface area contributed by atoms with E-state index >= 15 is 0 Å². The van der Waals surface area contributed by atoms with Crippen molar-refractivity contribution in [1.82, 2.24) is 4.90 Å².